The number of ketones is 2. The molecule has 8 rings (SSSR count). The third-order valence-electron chi connectivity index (χ3n) is 11.0. The lowest BCUT2D eigenvalue weighted by molar-refractivity contribution is -0.135. The van der Waals surface area contributed by atoms with E-state index in [0.29, 0.717) is 16.7 Å². The molecule has 0 spiro atoms. The highest BCUT2D eigenvalue weighted by atomic mass is 16.4. The summed E-state index contributed by atoms with van der Waals surface area (Å²) in [5.74, 6) is -4.72. The molecule has 1 heterocycles. The molecule has 4 aromatic rings. The fraction of sp³-hybridized carbons (Fsp3) is 0.200. The van der Waals surface area contributed by atoms with E-state index in [1.165, 1.54) is 18.2 Å². The molecule has 3 N–H and O–H groups in total. The lowest BCUT2D eigenvalue weighted by Crippen LogP contribution is -2.58. The van der Waals surface area contributed by atoms with Crippen LogP contribution in [0.2, 0.25) is 0 Å². The Morgan fingerprint density at radius 3 is 2.14 bits per heavy atom. The second kappa shape index (κ2) is 11.6. The number of rotatable bonds is 5. The monoisotopic (exact) mass is 649 g/mol. The summed E-state index contributed by atoms with van der Waals surface area (Å²) in [5, 5.41) is 29.9. The Balaban J connectivity index is 1.33. The van der Waals surface area contributed by atoms with Gasteiger partial charge in [0.25, 0.3) is 0 Å². The number of amides is 2. The number of allylic oxidation sites excluding steroid dienone is 4. The molecule has 1 saturated carbocycles. The Labute approximate surface area is 283 Å². The van der Waals surface area contributed by atoms with Crippen molar-refractivity contribution in [3.05, 3.63) is 144 Å². The Hall–Kier alpha value is -5.38. The highest BCUT2D eigenvalue weighted by Crippen LogP contribution is 2.63. The van der Waals surface area contributed by atoms with Crippen molar-refractivity contribution in [3.63, 3.8) is 0 Å². The molecule has 8 nitrogen and oxygen atoms in total. The van der Waals surface area contributed by atoms with Gasteiger partial charge in [-0.25, -0.2) is 0 Å². The zero-order valence-electron chi connectivity index (χ0n) is 26.3. The molecule has 6 atom stereocenters. The van der Waals surface area contributed by atoms with Crippen LogP contribution in [-0.4, -0.2) is 45.7 Å². The smallest absolute Gasteiger partial charge is 0.488 e. The van der Waals surface area contributed by atoms with Crippen LogP contribution in [-0.2, 0) is 24.6 Å². The number of phenolic OH excluding ortho intramolecular Hbond substituents is 1. The van der Waals surface area contributed by atoms with Gasteiger partial charge in [0, 0.05) is 17.4 Å². The number of nitrogens with zero attached hydrogens (tertiary/aromatic N) is 1. The molecule has 49 heavy (non-hydrogen) atoms. The first kappa shape index (κ1) is 30.9. The number of phenols is 1. The first-order valence-corrected chi connectivity index (χ1v) is 16.5. The fourth-order valence-electron chi connectivity index (χ4n) is 9.00. The standard InChI is InChI=1S/C40H32BNO7/c43-28-16-14-24(15-17-28)36-29-18-19-30-35(39(47)42(38(30)46)27-13-7-12-26(20-27)41(48)49)32(29)21-33-37(45)31(23-8-3-1-4-9-23)22-34(44)40(33,36)25-10-5-2-6-11-25/h1-18,20,22,30,32-33,35-36,43,48-49H,19,21H2/t30-,32+,33-,35-,36-,40-/m0/s1. The summed E-state index contributed by atoms with van der Waals surface area (Å²) < 4.78 is 0. The maximum Gasteiger partial charge on any atom is 0.488 e. The van der Waals surface area contributed by atoms with E-state index in [2.05, 4.69) is 0 Å². The van der Waals surface area contributed by atoms with E-state index in [0.717, 1.165) is 16.0 Å². The van der Waals surface area contributed by atoms with Gasteiger partial charge in [-0.05, 0) is 71.3 Å². The molecule has 1 aliphatic heterocycles. The zero-order valence-corrected chi connectivity index (χ0v) is 26.3. The van der Waals surface area contributed by atoms with Gasteiger partial charge in [0.2, 0.25) is 11.8 Å². The van der Waals surface area contributed by atoms with Crippen molar-refractivity contribution in [2.75, 3.05) is 4.90 Å². The summed E-state index contributed by atoms with van der Waals surface area (Å²) in [4.78, 5) is 59.5. The van der Waals surface area contributed by atoms with Crippen LogP contribution in [0, 0.1) is 23.7 Å². The summed E-state index contributed by atoms with van der Waals surface area (Å²) >= 11 is 0. The van der Waals surface area contributed by atoms with E-state index >= 15 is 0 Å². The van der Waals surface area contributed by atoms with E-state index in [4.69, 9.17) is 0 Å². The molecule has 0 radical (unpaired) electrons. The summed E-state index contributed by atoms with van der Waals surface area (Å²) in [5.41, 5.74) is 2.24. The first-order chi connectivity index (χ1) is 23.7. The van der Waals surface area contributed by atoms with E-state index < -0.39 is 48.0 Å². The van der Waals surface area contributed by atoms with Crippen molar-refractivity contribution >= 4 is 47.2 Å². The van der Waals surface area contributed by atoms with E-state index in [9.17, 15) is 34.3 Å². The normalized spacial score (nSPS) is 27.6. The van der Waals surface area contributed by atoms with Crippen molar-refractivity contribution < 1.29 is 34.3 Å². The highest BCUT2D eigenvalue weighted by molar-refractivity contribution is 6.58. The second-order valence-electron chi connectivity index (χ2n) is 13.4. The topological polar surface area (TPSA) is 132 Å². The van der Waals surface area contributed by atoms with Gasteiger partial charge >= 0.3 is 7.12 Å². The maximum atomic E-state index is 15.0. The number of benzene rings is 4. The van der Waals surface area contributed by atoms with Crippen molar-refractivity contribution in [2.24, 2.45) is 23.7 Å². The quantitative estimate of drug-likeness (QED) is 0.169. The number of hydrogen-bond acceptors (Lipinski definition) is 7. The summed E-state index contributed by atoms with van der Waals surface area (Å²) in [6.45, 7) is 0. The molecule has 1 saturated heterocycles. The maximum absolute atomic E-state index is 15.0. The molecule has 2 amide bonds. The third-order valence-corrected chi connectivity index (χ3v) is 11.0. The van der Waals surface area contributed by atoms with Crippen LogP contribution in [0.3, 0.4) is 0 Å². The van der Waals surface area contributed by atoms with Crippen molar-refractivity contribution in [3.8, 4) is 5.75 Å². The summed E-state index contributed by atoms with van der Waals surface area (Å²) in [7, 11) is -1.78. The van der Waals surface area contributed by atoms with Gasteiger partial charge in [-0.3, -0.25) is 24.1 Å². The van der Waals surface area contributed by atoms with Gasteiger partial charge in [-0.1, -0.05) is 96.6 Å². The van der Waals surface area contributed by atoms with Gasteiger partial charge in [-0.15, -0.1) is 0 Å². The molecule has 3 aliphatic carbocycles. The Kier molecular flexibility index (Phi) is 7.35. The molecule has 0 aromatic heterocycles. The number of Topliss-reactive ketones (excluding diaryl/α,β-unsaturated/α-hetero) is 1. The first-order valence-electron chi connectivity index (χ1n) is 16.5. The number of aromatic hydroxyl groups is 1. The van der Waals surface area contributed by atoms with Crippen LogP contribution < -0.4 is 10.4 Å². The average Bonchev–Trinajstić information content (AvgIpc) is 3.39. The van der Waals surface area contributed by atoms with Crippen molar-refractivity contribution in [2.45, 2.75) is 24.2 Å². The average molecular weight is 650 g/mol. The van der Waals surface area contributed by atoms with Crippen LogP contribution in [0.25, 0.3) is 5.57 Å². The molecule has 242 valence electrons. The molecule has 2 fully saturated rings. The Bertz CT molecular complexity index is 2070. The van der Waals surface area contributed by atoms with E-state index in [-0.39, 0.29) is 47.2 Å². The van der Waals surface area contributed by atoms with E-state index in [1.54, 1.807) is 36.4 Å². The molecular formula is C40H32BNO7. The lowest BCUT2D eigenvalue weighted by atomic mass is 9.44. The summed E-state index contributed by atoms with van der Waals surface area (Å²) in [6.07, 6.45) is 3.90. The van der Waals surface area contributed by atoms with Crippen LogP contribution in [0.1, 0.15) is 35.4 Å². The SMILES string of the molecule is O=C1C(c2ccccc2)=CC(=O)[C@@]2(c3ccccc3)[C@@H](c3ccc(O)cc3)C3=CC[C@@H]4C(=O)N(c5cccc(B(O)O)c5)C(=O)[C@@H]4[C@@H]3C[C@@H]12. The largest absolute Gasteiger partial charge is 0.508 e. The number of carbonyl (C=O) groups is 4. The minimum Gasteiger partial charge on any atom is -0.508 e. The van der Waals surface area contributed by atoms with Crippen LogP contribution >= 0.6 is 0 Å². The van der Waals surface area contributed by atoms with Gasteiger partial charge in [0.1, 0.15) is 5.75 Å². The molecular weight excluding hydrogens is 617 g/mol. The number of hydrogen-bond donors (Lipinski definition) is 3. The van der Waals surface area contributed by atoms with Crippen LogP contribution in [0.5, 0.6) is 5.75 Å². The number of anilines is 1. The Morgan fingerprint density at radius 2 is 1.45 bits per heavy atom. The van der Waals surface area contributed by atoms with Gasteiger partial charge in [0.05, 0.1) is 22.9 Å². The highest BCUT2D eigenvalue weighted by Gasteiger charge is 2.66. The molecule has 0 unspecified atom stereocenters. The number of carbonyl (C=O) groups excluding carboxylic acids is 4. The summed E-state index contributed by atoms with van der Waals surface area (Å²) in [6, 6.07) is 31.2. The molecule has 9 heteroatoms. The van der Waals surface area contributed by atoms with Gasteiger partial charge in [-0.2, -0.15) is 0 Å². The lowest BCUT2D eigenvalue weighted by Gasteiger charge is -2.55. The van der Waals surface area contributed by atoms with Crippen molar-refractivity contribution in [1.82, 2.24) is 0 Å². The predicted molar refractivity (Wildman–Crippen MR) is 183 cm³/mol. The molecule has 4 aliphatic rings. The van der Waals surface area contributed by atoms with Crippen molar-refractivity contribution in [1.29, 1.82) is 0 Å². The molecule has 4 aromatic carbocycles. The van der Waals surface area contributed by atoms with Crippen LogP contribution in [0.4, 0.5) is 5.69 Å². The van der Waals surface area contributed by atoms with E-state index in [1.807, 2.05) is 66.7 Å². The van der Waals surface area contributed by atoms with Crippen LogP contribution in [0.15, 0.2) is 127 Å². The van der Waals surface area contributed by atoms with Gasteiger partial charge in [0.15, 0.2) is 11.6 Å². The third kappa shape index (κ3) is 4.60. The second-order valence-corrected chi connectivity index (χ2v) is 13.4. The minimum absolute atomic E-state index is 0.0545. The fourth-order valence-corrected chi connectivity index (χ4v) is 9.00. The van der Waals surface area contributed by atoms with Gasteiger partial charge < -0.3 is 15.2 Å². The molecule has 0 bridgehead atoms. The predicted octanol–water partition coefficient (Wildman–Crippen LogP) is 4.10. The number of imide groups is 1. The Morgan fingerprint density at radius 1 is 0.755 bits per heavy atom. The minimum atomic E-state index is -1.78. The zero-order chi connectivity index (χ0) is 34.0. The number of fused-ring (bicyclic) bond motifs is 4.